The van der Waals surface area contributed by atoms with Crippen LogP contribution < -0.4 is 16.0 Å². The van der Waals surface area contributed by atoms with Gasteiger partial charge in [-0.2, -0.15) is 4.98 Å². The van der Waals surface area contributed by atoms with Crippen LogP contribution in [0.25, 0.3) is 0 Å². The van der Waals surface area contributed by atoms with E-state index in [2.05, 4.69) is 47.9 Å². The molecule has 3 N–H and O–H groups in total. The van der Waals surface area contributed by atoms with E-state index in [1.165, 1.54) is 0 Å². The molecule has 0 unspecified atom stereocenters. The van der Waals surface area contributed by atoms with Gasteiger partial charge in [-0.05, 0) is 11.8 Å². The van der Waals surface area contributed by atoms with Crippen molar-refractivity contribution in [1.29, 1.82) is 0 Å². The van der Waals surface area contributed by atoms with Crippen molar-refractivity contribution in [3.8, 4) is 0 Å². The Morgan fingerprint density at radius 1 is 1.28 bits per heavy atom. The van der Waals surface area contributed by atoms with E-state index >= 15 is 0 Å². The van der Waals surface area contributed by atoms with Gasteiger partial charge >= 0.3 is 0 Å². The van der Waals surface area contributed by atoms with Crippen LogP contribution >= 0.6 is 0 Å². The third kappa shape index (κ3) is 4.39. The zero-order valence-electron chi connectivity index (χ0n) is 12.1. The van der Waals surface area contributed by atoms with Gasteiger partial charge in [0.25, 0.3) is 0 Å². The zero-order valence-corrected chi connectivity index (χ0v) is 12.1. The summed E-state index contributed by atoms with van der Waals surface area (Å²) in [4.78, 5) is 10.7. The summed E-state index contributed by atoms with van der Waals surface area (Å²) in [7, 11) is 2.00. The Balaban J connectivity index is 2.80. The lowest BCUT2D eigenvalue weighted by molar-refractivity contribution is 0.634. The summed E-state index contributed by atoms with van der Waals surface area (Å²) in [5.41, 5.74) is 6.55. The molecule has 18 heavy (non-hydrogen) atoms. The van der Waals surface area contributed by atoms with Gasteiger partial charge in [0.1, 0.15) is 0 Å². The molecule has 1 rings (SSSR count). The fourth-order valence-electron chi connectivity index (χ4n) is 1.70. The van der Waals surface area contributed by atoms with Gasteiger partial charge in [0.2, 0.25) is 5.95 Å². The van der Waals surface area contributed by atoms with E-state index in [0.29, 0.717) is 23.5 Å². The molecule has 5 heteroatoms. The van der Waals surface area contributed by atoms with Crippen LogP contribution in [0.15, 0.2) is 6.20 Å². The maximum absolute atomic E-state index is 5.93. The summed E-state index contributed by atoms with van der Waals surface area (Å²) in [5, 5.41) is 3.22. The molecule has 0 radical (unpaired) electrons. The molecular formula is C13H25N5. The number of rotatable bonds is 6. The molecule has 0 aliphatic heterocycles. The van der Waals surface area contributed by atoms with Gasteiger partial charge < -0.3 is 16.0 Å². The number of nitrogens with two attached hydrogens (primary N) is 1. The highest BCUT2D eigenvalue weighted by atomic mass is 15.2. The highest BCUT2D eigenvalue weighted by Crippen LogP contribution is 2.20. The maximum atomic E-state index is 5.93. The van der Waals surface area contributed by atoms with Gasteiger partial charge in [0, 0.05) is 20.1 Å². The monoisotopic (exact) mass is 251 g/mol. The fourth-order valence-corrected chi connectivity index (χ4v) is 1.70. The lowest BCUT2D eigenvalue weighted by atomic mass is 10.2. The van der Waals surface area contributed by atoms with Crippen LogP contribution in [0.1, 0.15) is 27.7 Å². The summed E-state index contributed by atoms with van der Waals surface area (Å²) in [5.74, 6) is 2.56. The van der Waals surface area contributed by atoms with Crippen LogP contribution in [0.2, 0.25) is 0 Å². The molecule has 0 saturated heterocycles. The van der Waals surface area contributed by atoms with Crippen LogP contribution in [0.5, 0.6) is 0 Å². The molecule has 1 aromatic rings. The van der Waals surface area contributed by atoms with E-state index in [4.69, 9.17) is 5.73 Å². The molecule has 0 atom stereocenters. The van der Waals surface area contributed by atoms with E-state index in [9.17, 15) is 0 Å². The third-order valence-corrected chi connectivity index (χ3v) is 2.46. The van der Waals surface area contributed by atoms with Crippen molar-refractivity contribution in [2.24, 2.45) is 11.8 Å². The molecule has 0 spiro atoms. The highest BCUT2D eigenvalue weighted by Gasteiger charge is 2.10. The first-order valence-electron chi connectivity index (χ1n) is 6.47. The lowest BCUT2D eigenvalue weighted by Gasteiger charge is -2.22. The summed E-state index contributed by atoms with van der Waals surface area (Å²) in [6.45, 7) is 10.4. The summed E-state index contributed by atoms with van der Waals surface area (Å²) >= 11 is 0. The second-order valence-electron chi connectivity index (χ2n) is 5.52. The van der Waals surface area contributed by atoms with Crippen molar-refractivity contribution < 1.29 is 0 Å². The molecule has 0 aliphatic rings. The van der Waals surface area contributed by atoms with Crippen molar-refractivity contribution in [2.45, 2.75) is 27.7 Å². The van der Waals surface area contributed by atoms with Gasteiger partial charge in [-0.25, -0.2) is 4.98 Å². The Bertz CT molecular complexity index is 376. The number of anilines is 3. The molecule has 0 fully saturated rings. The van der Waals surface area contributed by atoms with Crippen molar-refractivity contribution in [2.75, 3.05) is 36.1 Å². The van der Waals surface area contributed by atoms with Gasteiger partial charge in [-0.1, -0.05) is 27.7 Å². The van der Waals surface area contributed by atoms with E-state index in [-0.39, 0.29) is 0 Å². The second kappa shape index (κ2) is 6.42. The predicted octanol–water partition coefficient (Wildman–Crippen LogP) is 2.22. The molecular weight excluding hydrogens is 226 g/mol. The standard InChI is InChI=1S/C13H25N5/c1-9(2)6-15-13-16-7-11(14)12(17-13)18(5)8-10(3)4/h7,9-10H,6,8,14H2,1-5H3,(H,15,16,17). The predicted molar refractivity (Wildman–Crippen MR) is 77.9 cm³/mol. The van der Waals surface area contributed by atoms with Crippen LogP contribution in [0.3, 0.4) is 0 Å². The topological polar surface area (TPSA) is 67.1 Å². The Labute approximate surface area is 110 Å². The normalized spacial score (nSPS) is 11.1. The minimum Gasteiger partial charge on any atom is -0.394 e. The Morgan fingerprint density at radius 2 is 1.94 bits per heavy atom. The molecule has 0 aliphatic carbocycles. The van der Waals surface area contributed by atoms with Crippen molar-refractivity contribution >= 4 is 17.5 Å². The number of hydrogen-bond acceptors (Lipinski definition) is 5. The van der Waals surface area contributed by atoms with Crippen LogP contribution in [0.4, 0.5) is 17.5 Å². The Kier molecular flexibility index (Phi) is 5.19. The molecule has 1 aromatic heterocycles. The smallest absolute Gasteiger partial charge is 0.224 e. The molecule has 0 bridgehead atoms. The molecule has 5 nitrogen and oxygen atoms in total. The number of nitrogen functional groups attached to an aromatic ring is 1. The van der Waals surface area contributed by atoms with Crippen LogP contribution in [0, 0.1) is 11.8 Å². The van der Waals surface area contributed by atoms with E-state index in [1.54, 1.807) is 6.20 Å². The average Bonchev–Trinajstić information content (AvgIpc) is 2.26. The summed E-state index contributed by atoms with van der Waals surface area (Å²) in [6, 6.07) is 0. The largest absolute Gasteiger partial charge is 0.394 e. The van der Waals surface area contributed by atoms with Crippen molar-refractivity contribution in [3.63, 3.8) is 0 Å². The molecule has 0 aromatic carbocycles. The number of nitrogens with zero attached hydrogens (tertiary/aromatic N) is 3. The summed E-state index contributed by atoms with van der Waals surface area (Å²) < 4.78 is 0. The number of nitrogens with one attached hydrogen (secondary N) is 1. The van der Waals surface area contributed by atoms with E-state index < -0.39 is 0 Å². The van der Waals surface area contributed by atoms with Crippen LogP contribution in [-0.2, 0) is 0 Å². The highest BCUT2D eigenvalue weighted by molar-refractivity contribution is 5.62. The van der Waals surface area contributed by atoms with E-state index in [0.717, 1.165) is 18.9 Å². The minimum atomic E-state index is 0.558. The first-order valence-corrected chi connectivity index (χ1v) is 6.47. The van der Waals surface area contributed by atoms with Gasteiger partial charge in [-0.15, -0.1) is 0 Å². The number of hydrogen-bond donors (Lipinski definition) is 2. The van der Waals surface area contributed by atoms with Gasteiger partial charge in [-0.3, -0.25) is 0 Å². The van der Waals surface area contributed by atoms with Crippen molar-refractivity contribution in [1.82, 2.24) is 9.97 Å². The quantitative estimate of drug-likeness (QED) is 0.811. The fraction of sp³-hybridized carbons (Fsp3) is 0.692. The SMILES string of the molecule is CC(C)CNc1ncc(N)c(N(C)CC(C)C)n1. The average molecular weight is 251 g/mol. The molecule has 102 valence electrons. The van der Waals surface area contributed by atoms with Gasteiger partial charge in [0.05, 0.1) is 11.9 Å². The maximum Gasteiger partial charge on any atom is 0.224 e. The molecule has 1 heterocycles. The molecule has 0 saturated carbocycles. The summed E-state index contributed by atoms with van der Waals surface area (Å²) in [6.07, 6.45) is 1.67. The van der Waals surface area contributed by atoms with Gasteiger partial charge in [0.15, 0.2) is 5.82 Å². The zero-order chi connectivity index (χ0) is 13.7. The number of aromatic nitrogens is 2. The first-order chi connectivity index (χ1) is 8.40. The first kappa shape index (κ1) is 14.5. The van der Waals surface area contributed by atoms with E-state index in [1.807, 2.05) is 7.05 Å². The van der Waals surface area contributed by atoms with Crippen molar-refractivity contribution in [3.05, 3.63) is 6.20 Å². The third-order valence-electron chi connectivity index (χ3n) is 2.46. The lowest BCUT2D eigenvalue weighted by Crippen LogP contribution is -2.25. The second-order valence-corrected chi connectivity index (χ2v) is 5.52. The Hall–Kier alpha value is -1.52. The molecule has 0 amide bonds. The van der Waals surface area contributed by atoms with Crippen LogP contribution in [-0.4, -0.2) is 30.1 Å². The Morgan fingerprint density at radius 3 is 2.50 bits per heavy atom. The minimum absolute atomic E-state index is 0.558.